The smallest absolute Gasteiger partial charge is 0.136 e. The van der Waals surface area contributed by atoms with Gasteiger partial charge in [-0.3, -0.25) is 0 Å². The van der Waals surface area contributed by atoms with Crippen LogP contribution in [0.3, 0.4) is 0 Å². The summed E-state index contributed by atoms with van der Waals surface area (Å²) < 4.78 is 5.57. The van der Waals surface area contributed by atoms with Gasteiger partial charge in [0.05, 0.1) is 11.0 Å². The lowest BCUT2D eigenvalue weighted by atomic mass is 10.2. The van der Waals surface area contributed by atoms with Crippen molar-refractivity contribution in [2.45, 2.75) is 18.9 Å². The second-order valence-electron chi connectivity index (χ2n) is 3.79. The molecule has 0 radical (unpaired) electrons. The normalized spacial score (nSPS) is 21.3. The van der Waals surface area contributed by atoms with Crippen molar-refractivity contribution >= 4 is 22.6 Å². The van der Waals surface area contributed by atoms with Crippen LogP contribution in [0, 0.1) is 0 Å². The number of nitrogens with one attached hydrogen (secondary N) is 1. The quantitative estimate of drug-likeness (QED) is 0.805. The van der Waals surface area contributed by atoms with Crippen molar-refractivity contribution < 1.29 is 4.74 Å². The van der Waals surface area contributed by atoms with Crippen molar-refractivity contribution in [1.29, 1.82) is 0 Å². The topological polar surface area (TPSA) is 37.9 Å². The predicted octanol–water partition coefficient (Wildman–Crippen LogP) is 3.07. The summed E-state index contributed by atoms with van der Waals surface area (Å²) >= 11 is 5.91. The van der Waals surface area contributed by atoms with E-state index in [0.29, 0.717) is 0 Å². The maximum Gasteiger partial charge on any atom is 0.136 e. The van der Waals surface area contributed by atoms with Crippen LogP contribution in [0.25, 0.3) is 11.0 Å². The van der Waals surface area contributed by atoms with Gasteiger partial charge in [0.15, 0.2) is 0 Å². The van der Waals surface area contributed by atoms with Gasteiger partial charge in [-0.25, -0.2) is 4.98 Å². The maximum atomic E-state index is 5.91. The van der Waals surface area contributed by atoms with E-state index in [-0.39, 0.29) is 6.10 Å². The number of hydrogen-bond acceptors (Lipinski definition) is 2. The molecule has 1 aromatic carbocycles. The molecular weight excluding hydrogens is 212 g/mol. The number of ether oxygens (including phenoxy) is 1. The Morgan fingerprint density at radius 3 is 3.20 bits per heavy atom. The van der Waals surface area contributed by atoms with E-state index in [0.717, 1.165) is 41.3 Å². The van der Waals surface area contributed by atoms with Crippen molar-refractivity contribution in [2.24, 2.45) is 0 Å². The van der Waals surface area contributed by atoms with Gasteiger partial charge >= 0.3 is 0 Å². The third kappa shape index (κ3) is 1.62. The molecule has 2 heterocycles. The molecule has 4 heteroatoms. The number of H-pyrrole nitrogens is 1. The van der Waals surface area contributed by atoms with Gasteiger partial charge in [-0.2, -0.15) is 0 Å². The van der Waals surface area contributed by atoms with Crippen LogP contribution >= 0.6 is 11.6 Å². The lowest BCUT2D eigenvalue weighted by Gasteiger charge is -2.03. The standard InChI is InChI=1S/C11H11ClN2O/c12-7-3-4-8-9(6-7)14-11(13-8)10-2-1-5-15-10/h3-4,6,10H,1-2,5H2,(H,13,14). The fraction of sp³-hybridized carbons (Fsp3) is 0.364. The Bertz CT molecular complexity index is 488. The minimum atomic E-state index is 0.135. The number of benzene rings is 1. The van der Waals surface area contributed by atoms with Crippen LogP contribution in [0.4, 0.5) is 0 Å². The summed E-state index contributed by atoms with van der Waals surface area (Å²) in [6, 6.07) is 5.67. The zero-order valence-corrected chi connectivity index (χ0v) is 8.92. The van der Waals surface area contributed by atoms with Crippen LogP contribution in [0.2, 0.25) is 5.02 Å². The molecule has 3 rings (SSSR count). The highest BCUT2D eigenvalue weighted by atomic mass is 35.5. The van der Waals surface area contributed by atoms with Crippen LogP contribution in [-0.4, -0.2) is 16.6 Å². The van der Waals surface area contributed by atoms with Crippen molar-refractivity contribution in [3.8, 4) is 0 Å². The van der Waals surface area contributed by atoms with Crippen molar-refractivity contribution in [1.82, 2.24) is 9.97 Å². The fourth-order valence-corrected chi connectivity index (χ4v) is 2.12. The molecule has 1 saturated heterocycles. The Morgan fingerprint density at radius 1 is 1.47 bits per heavy atom. The molecule has 1 aromatic heterocycles. The van der Waals surface area contributed by atoms with E-state index >= 15 is 0 Å². The van der Waals surface area contributed by atoms with Crippen LogP contribution < -0.4 is 0 Å². The number of halogens is 1. The molecule has 1 atom stereocenters. The third-order valence-electron chi connectivity index (χ3n) is 2.70. The van der Waals surface area contributed by atoms with E-state index < -0.39 is 0 Å². The monoisotopic (exact) mass is 222 g/mol. The number of aromatic amines is 1. The minimum absolute atomic E-state index is 0.135. The van der Waals surface area contributed by atoms with Gasteiger partial charge in [-0.15, -0.1) is 0 Å². The van der Waals surface area contributed by atoms with E-state index in [4.69, 9.17) is 16.3 Å². The van der Waals surface area contributed by atoms with Gasteiger partial charge < -0.3 is 9.72 Å². The fourth-order valence-electron chi connectivity index (χ4n) is 1.95. The zero-order valence-electron chi connectivity index (χ0n) is 8.16. The third-order valence-corrected chi connectivity index (χ3v) is 2.93. The second kappa shape index (κ2) is 3.51. The molecule has 0 amide bonds. The first-order valence-corrected chi connectivity index (χ1v) is 5.47. The zero-order chi connectivity index (χ0) is 10.3. The van der Waals surface area contributed by atoms with Gasteiger partial charge in [0, 0.05) is 11.6 Å². The minimum Gasteiger partial charge on any atom is -0.370 e. The van der Waals surface area contributed by atoms with Crippen molar-refractivity contribution in [3.63, 3.8) is 0 Å². The molecule has 1 unspecified atom stereocenters. The Labute approximate surface area is 92.4 Å². The molecule has 15 heavy (non-hydrogen) atoms. The van der Waals surface area contributed by atoms with E-state index in [1.807, 2.05) is 18.2 Å². The molecule has 2 aromatic rings. The number of hydrogen-bond donors (Lipinski definition) is 1. The predicted molar refractivity (Wildman–Crippen MR) is 59.0 cm³/mol. The summed E-state index contributed by atoms with van der Waals surface area (Å²) in [4.78, 5) is 7.75. The number of aromatic nitrogens is 2. The maximum absolute atomic E-state index is 5.91. The van der Waals surface area contributed by atoms with E-state index in [1.165, 1.54) is 0 Å². The summed E-state index contributed by atoms with van der Waals surface area (Å²) in [5, 5.41) is 0.727. The number of nitrogens with zero attached hydrogens (tertiary/aromatic N) is 1. The SMILES string of the molecule is Clc1ccc2nc(C3CCCO3)[nH]c2c1. The Balaban J connectivity index is 2.05. The molecule has 1 N–H and O–H groups in total. The second-order valence-corrected chi connectivity index (χ2v) is 4.22. The van der Waals surface area contributed by atoms with Crippen LogP contribution in [0.5, 0.6) is 0 Å². The van der Waals surface area contributed by atoms with Crippen LogP contribution in [-0.2, 0) is 4.74 Å². The number of imidazole rings is 1. The molecule has 3 nitrogen and oxygen atoms in total. The largest absolute Gasteiger partial charge is 0.370 e. The van der Waals surface area contributed by atoms with E-state index in [1.54, 1.807) is 0 Å². The lowest BCUT2D eigenvalue weighted by molar-refractivity contribution is 0.106. The molecule has 78 valence electrons. The molecule has 0 saturated carbocycles. The summed E-state index contributed by atoms with van der Waals surface area (Å²) in [5.41, 5.74) is 1.93. The molecular formula is C11H11ClN2O. The highest BCUT2D eigenvalue weighted by Gasteiger charge is 2.20. The molecule has 1 aliphatic heterocycles. The van der Waals surface area contributed by atoms with E-state index in [2.05, 4.69) is 9.97 Å². The number of fused-ring (bicyclic) bond motifs is 1. The molecule has 1 aliphatic rings. The van der Waals surface area contributed by atoms with E-state index in [9.17, 15) is 0 Å². The molecule has 0 bridgehead atoms. The number of rotatable bonds is 1. The molecule has 0 spiro atoms. The Hall–Kier alpha value is -1.06. The lowest BCUT2D eigenvalue weighted by Crippen LogP contribution is -1.97. The van der Waals surface area contributed by atoms with Crippen molar-refractivity contribution in [2.75, 3.05) is 6.61 Å². The first kappa shape index (κ1) is 9.19. The first-order chi connectivity index (χ1) is 7.33. The van der Waals surface area contributed by atoms with Crippen LogP contribution in [0.15, 0.2) is 18.2 Å². The summed E-state index contributed by atoms with van der Waals surface area (Å²) in [5.74, 6) is 0.921. The summed E-state index contributed by atoms with van der Waals surface area (Å²) in [6.07, 6.45) is 2.30. The van der Waals surface area contributed by atoms with Gasteiger partial charge in [-0.05, 0) is 31.0 Å². The van der Waals surface area contributed by atoms with Gasteiger partial charge in [0.1, 0.15) is 11.9 Å². The highest BCUT2D eigenvalue weighted by Crippen LogP contribution is 2.28. The van der Waals surface area contributed by atoms with Gasteiger partial charge in [0.25, 0.3) is 0 Å². The summed E-state index contributed by atoms with van der Waals surface area (Å²) in [6.45, 7) is 0.836. The van der Waals surface area contributed by atoms with Crippen molar-refractivity contribution in [3.05, 3.63) is 29.0 Å². The molecule has 0 aliphatic carbocycles. The van der Waals surface area contributed by atoms with Gasteiger partial charge in [0.2, 0.25) is 0 Å². The summed E-state index contributed by atoms with van der Waals surface area (Å²) in [7, 11) is 0. The Kier molecular flexibility index (Phi) is 2.15. The average Bonchev–Trinajstić information content (AvgIpc) is 2.84. The molecule has 1 fully saturated rings. The average molecular weight is 223 g/mol. The highest BCUT2D eigenvalue weighted by molar-refractivity contribution is 6.31. The Morgan fingerprint density at radius 2 is 2.40 bits per heavy atom. The van der Waals surface area contributed by atoms with Gasteiger partial charge in [-0.1, -0.05) is 11.6 Å². The first-order valence-electron chi connectivity index (χ1n) is 5.10. The van der Waals surface area contributed by atoms with Crippen LogP contribution in [0.1, 0.15) is 24.8 Å².